The van der Waals surface area contributed by atoms with Crippen LogP contribution in [0.4, 0.5) is 0 Å². The fourth-order valence-corrected chi connectivity index (χ4v) is 3.42. The summed E-state index contributed by atoms with van der Waals surface area (Å²) in [4.78, 5) is 11.8. The van der Waals surface area contributed by atoms with E-state index in [1.807, 2.05) is 18.3 Å². The quantitative estimate of drug-likeness (QED) is 0.872. The first kappa shape index (κ1) is 13.3. The number of hydrogen-bond donors (Lipinski definition) is 0. The average Bonchev–Trinajstić information content (AvgIpc) is 3.32. The van der Waals surface area contributed by atoms with Gasteiger partial charge in [0, 0.05) is 55.0 Å². The van der Waals surface area contributed by atoms with Crippen LogP contribution in [0.25, 0.3) is 0 Å². The van der Waals surface area contributed by atoms with Crippen molar-refractivity contribution < 1.29 is 9.47 Å². The Morgan fingerprint density at radius 2 is 2.17 bits per heavy atom. The molecule has 1 aromatic carbocycles. The molecule has 3 aliphatic rings. The maximum absolute atomic E-state index is 5.62. The van der Waals surface area contributed by atoms with Crippen LogP contribution in [-0.2, 0) is 19.5 Å². The second kappa shape index (κ2) is 5.20. The van der Waals surface area contributed by atoms with E-state index in [1.54, 1.807) is 0 Å². The molecule has 0 unspecified atom stereocenters. The van der Waals surface area contributed by atoms with Crippen molar-refractivity contribution >= 4 is 0 Å². The maximum atomic E-state index is 5.62. The SMILES string of the molecule is c1cc(CN2CCc3nc(C4CC4)ncc3C2)c2c(c1)OCO2. The molecule has 3 heterocycles. The minimum atomic E-state index is 0.326. The molecule has 0 spiro atoms. The molecule has 2 aromatic rings. The third-order valence-corrected chi connectivity index (χ3v) is 4.85. The molecule has 1 aromatic heterocycles. The zero-order chi connectivity index (χ0) is 15.2. The molecule has 0 saturated heterocycles. The van der Waals surface area contributed by atoms with Crippen molar-refractivity contribution in [3.05, 3.63) is 47.0 Å². The van der Waals surface area contributed by atoms with E-state index in [0.717, 1.165) is 43.4 Å². The van der Waals surface area contributed by atoms with Crippen molar-refractivity contribution in [3.63, 3.8) is 0 Å². The van der Waals surface area contributed by atoms with Gasteiger partial charge in [0.05, 0.1) is 0 Å². The van der Waals surface area contributed by atoms with E-state index >= 15 is 0 Å². The Hall–Kier alpha value is -2.14. The van der Waals surface area contributed by atoms with Crippen LogP contribution in [0.15, 0.2) is 24.4 Å². The van der Waals surface area contributed by atoms with Crippen molar-refractivity contribution in [2.75, 3.05) is 13.3 Å². The van der Waals surface area contributed by atoms with Crippen LogP contribution in [-0.4, -0.2) is 28.2 Å². The van der Waals surface area contributed by atoms with Crippen LogP contribution in [0.1, 0.15) is 41.4 Å². The fourth-order valence-electron chi connectivity index (χ4n) is 3.42. The largest absolute Gasteiger partial charge is 0.454 e. The minimum absolute atomic E-state index is 0.326. The summed E-state index contributed by atoms with van der Waals surface area (Å²) in [7, 11) is 0. The molecule has 0 bridgehead atoms. The molecule has 118 valence electrons. The van der Waals surface area contributed by atoms with E-state index in [4.69, 9.17) is 14.5 Å². The Morgan fingerprint density at radius 1 is 1.22 bits per heavy atom. The predicted octanol–water partition coefficient (Wildman–Crippen LogP) is 2.64. The lowest BCUT2D eigenvalue weighted by Crippen LogP contribution is -2.31. The van der Waals surface area contributed by atoms with E-state index in [2.05, 4.69) is 16.0 Å². The molecule has 2 aliphatic heterocycles. The third-order valence-electron chi connectivity index (χ3n) is 4.85. The maximum Gasteiger partial charge on any atom is 0.231 e. The molecule has 5 heteroatoms. The second-order valence-corrected chi connectivity index (χ2v) is 6.59. The van der Waals surface area contributed by atoms with Gasteiger partial charge in [-0.1, -0.05) is 12.1 Å². The number of fused-ring (bicyclic) bond motifs is 2. The Morgan fingerprint density at radius 3 is 3.09 bits per heavy atom. The fraction of sp³-hybridized carbons (Fsp3) is 0.444. The topological polar surface area (TPSA) is 47.5 Å². The number of ether oxygens (including phenoxy) is 2. The number of benzene rings is 1. The number of nitrogens with zero attached hydrogens (tertiary/aromatic N) is 3. The van der Waals surface area contributed by atoms with Gasteiger partial charge in [0.1, 0.15) is 5.82 Å². The van der Waals surface area contributed by atoms with Gasteiger partial charge in [-0.25, -0.2) is 9.97 Å². The second-order valence-electron chi connectivity index (χ2n) is 6.59. The van der Waals surface area contributed by atoms with E-state index < -0.39 is 0 Å². The Balaban J connectivity index is 1.35. The van der Waals surface area contributed by atoms with Crippen LogP contribution in [0.5, 0.6) is 11.5 Å². The normalized spacial score (nSPS) is 19.7. The summed E-state index contributed by atoms with van der Waals surface area (Å²) >= 11 is 0. The van der Waals surface area contributed by atoms with Gasteiger partial charge in [-0.15, -0.1) is 0 Å². The van der Waals surface area contributed by atoms with E-state index in [0.29, 0.717) is 12.7 Å². The standard InChI is InChI=1S/C18H19N3O2/c1-2-13(17-16(3-1)22-11-23-17)9-21-7-6-15-14(10-21)8-19-18(20-15)12-4-5-12/h1-3,8,12H,4-7,9-11H2. The van der Waals surface area contributed by atoms with Crippen LogP contribution in [0.3, 0.4) is 0 Å². The first-order chi connectivity index (χ1) is 11.4. The monoisotopic (exact) mass is 309 g/mol. The average molecular weight is 309 g/mol. The molecule has 5 rings (SSSR count). The number of para-hydroxylation sites is 1. The van der Waals surface area contributed by atoms with Gasteiger partial charge >= 0.3 is 0 Å². The highest BCUT2D eigenvalue weighted by Gasteiger charge is 2.28. The summed E-state index contributed by atoms with van der Waals surface area (Å²) in [6.45, 7) is 3.13. The summed E-state index contributed by atoms with van der Waals surface area (Å²) in [5.41, 5.74) is 3.71. The first-order valence-electron chi connectivity index (χ1n) is 8.31. The van der Waals surface area contributed by atoms with Gasteiger partial charge < -0.3 is 9.47 Å². The van der Waals surface area contributed by atoms with Gasteiger partial charge in [-0.05, 0) is 18.9 Å². The van der Waals surface area contributed by atoms with Crippen LogP contribution >= 0.6 is 0 Å². The van der Waals surface area contributed by atoms with E-state index in [9.17, 15) is 0 Å². The summed E-state index contributed by atoms with van der Waals surface area (Å²) in [6, 6.07) is 6.12. The number of rotatable bonds is 3. The van der Waals surface area contributed by atoms with E-state index in [1.165, 1.54) is 29.7 Å². The van der Waals surface area contributed by atoms with Crippen molar-refractivity contribution in [1.29, 1.82) is 0 Å². The zero-order valence-corrected chi connectivity index (χ0v) is 13.0. The molecule has 0 atom stereocenters. The third kappa shape index (κ3) is 2.45. The lowest BCUT2D eigenvalue weighted by atomic mass is 10.1. The van der Waals surface area contributed by atoms with Crippen LogP contribution in [0, 0.1) is 0 Å². The zero-order valence-electron chi connectivity index (χ0n) is 13.0. The highest BCUT2D eigenvalue weighted by Crippen LogP contribution is 2.39. The lowest BCUT2D eigenvalue weighted by Gasteiger charge is -2.28. The number of aromatic nitrogens is 2. The highest BCUT2D eigenvalue weighted by molar-refractivity contribution is 5.48. The molecule has 0 amide bonds. The molecular formula is C18H19N3O2. The summed E-state index contributed by atoms with van der Waals surface area (Å²) < 4.78 is 11.1. The van der Waals surface area contributed by atoms with Crippen molar-refractivity contribution in [1.82, 2.24) is 14.9 Å². The molecule has 1 aliphatic carbocycles. The smallest absolute Gasteiger partial charge is 0.231 e. The first-order valence-corrected chi connectivity index (χ1v) is 8.31. The Labute approximate surface area is 135 Å². The van der Waals surface area contributed by atoms with Crippen LogP contribution < -0.4 is 9.47 Å². The van der Waals surface area contributed by atoms with Gasteiger partial charge in [-0.2, -0.15) is 0 Å². The summed E-state index contributed by atoms with van der Waals surface area (Å²) in [5, 5.41) is 0. The van der Waals surface area contributed by atoms with E-state index in [-0.39, 0.29) is 0 Å². The lowest BCUT2D eigenvalue weighted by molar-refractivity contribution is 0.171. The Bertz CT molecular complexity index is 758. The van der Waals surface area contributed by atoms with Crippen molar-refractivity contribution in [2.45, 2.75) is 38.3 Å². The van der Waals surface area contributed by atoms with Gasteiger partial charge in [0.15, 0.2) is 11.5 Å². The van der Waals surface area contributed by atoms with Gasteiger partial charge in [0.25, 0.3) is 0 Å². The van der Waals surface area contributed by atoms with Crippen molar-refractivity contribution in [2.24, 2.45) is 0 Å². The molecular weight excluding hydrogens is 290 g/mol. The molecule has 5 nitrogen and oxygen atoms in total. The molecule has 23 heavy (non-hydrogen) atoms. The highest BCUT2D eigenvalue weighted by atomic mass is 16.7. The summed E-state index contributed by atoms with van der Waals surface area (Å²) in [5.74, 6) is 3.45. The molecule has 1 fully saturated rings. The minimum Gasteiger partial charge on any atom is -0.454 e. The molecule has 0 N–H and O–H groups in total. The summed E-state index contributed by atoms with van der Waals surface area (Å²) in [6.07, 6.45) is 5.55. The molecule has 1 saturated carbocycles. The van der Waals surface area contributed by atoms with Crippen LogP contribution in [0.2, 0.25) is 0 Å². The predicted molar refractivity (Wildman–Crippen MR) is 84.4 cm³/mol. The Kier molecular flexibility index (Phi) is 3.01. The van der Waals surface area contributed by atoms with Gasteiger partial charge in [-0.3, -0.25) is 4.90 Å². The molecule has 0 radical (unpaired) electrons. The number of hydrogen-bond acceptors (Lipinski definition) is 5. The van der Waals surface area contributed by atoms with Crippen molar-refractivity contribution in [3.8, 4) is 11.5 Å². The van der Waals surface area contributed by atoms with Gasteiger partial charge in [0.2, 0.25) is 6.79 Å².